The van der Waals surface area contributed by atoms with Gasteiger partial charge < -0.3 is 16.2 Å². The first-order chi connectivity index (χ1) is 6.65. The molecule has 1 rings (SSSR count). The largest absolute Gasteiger partial charge is 0.395 e. The number of hydrogen-bond donors (Lipinski definition) is 3. The molecule has 1 heterocycles. The zero-order chi connectivity index (χ0) is 10.6. The Hall–Kier alpha value is -0.980. The van der Waals surface area contributed by atoms with Crippen molar-refractivity contribution < 1.29 is 9.90 Å². The third-order valence-corrected chi connectivity index (χ3v) is 2.92. The lowest BCUT2D eigenvalue weighted by Gasteiger charge is -2.09. The van der Waals surface area contributed by atoms with Gasteiger partial charge in [0.05, 0.1) is 6.61 Å². The lowest BCUT2D eigenvalue weighted by molar-refractivity contribution is 0.1000. The monoisotopic (exact) mass is 215 g/mol. The van der Waals surface area contributed by atoms with Gasteiger partial charge in [0.15, 0.2) is 5.01 Å². The molecule has 0 radical (unpaired) electrons. The minimum Gasteiger partial charge on any atom is -0.395 e. The number of primary amides is 1. The second-order valence-electron chi connectivity index (χ2n) is 2.83. The molecule has 1 atom stereocenters. The highest BCUT2D eigenvalue weighted by atomic mass is 32.1. The van der Waals surface area contributed by atoms with E-state index in [1.807, 2.05) is 6.92 Å². The van der Waals surface area contributed by atoms with Crippen molar-refractivity contribution >= 4 is 17.2 Å². The van der Waals surface area contributed by atoms with Crippen LogP contribution in [-0.2, 0) is 0 Å². The Balaban J connectivity index is 2.61. The van der Waals surface area contributed by atoms with E-state index in [9.17, 15) is 4.79 Å². The summed E-state index contributed by atoms with van der Waals surface area (Å²) in [5.74, 6) is -0.504. The second-order valence-corrected chi connectivity index (χ2v) is 3.89. The smallest absolute Gasteiger partial charge is 0.277 e. The van der Waals surface area contributed by atoms with E-state index >= 15 is 0 Å². The molecule has 4 N–H and O–H groups in total. The summed E-state index contributed by atoms with van der Waals surface area (Å²) < 4.78 is 0. The van der Waals surface area contributed by atoms with E-state index in [1.165, 1.54) is 11.3 Å². The van der Waals surface area contributed by atoms with Crippen LogP contribution in [0.4, 0.5) is 0 Å². The van der Waals surface area contributed by atoms with Crippen LogP contribution in [-0.4, -0.2) is 29.1 Å². The lowest BCUT2D eigenvalue weighted by Crippen LogP contribution is -2.21. The number of rotatable bonds is 5. The Labute approximate surface area is 86.0 Å². The molecule has 14 heavy (non-hydrogen) atoms. The Morgan fingerprint density at radius 1 is 1.86 bits per heavy atom. The maximum absolute atomic E-state index is 10.8. The molecule has 1 aromatic rings. The van der Waals surface area contributed by atoms with Crippen molar-refractivity contribution in [3.8, 4) is 0 Å². The van der Waals surface area contributed by atoms with Gasteiger partial charge in [0.1, 0.15) is 0 Å². The fraction of sp³-hybridized carbons (Fsp3) is 0.500. The van der Waals surface area contributed by atoms with Crippen molar-refractivity contribution in [1.82, 2.24) is 10.3 Å². The Kier molecular flexibility index (Phi) is 3.99. The third kappa shape index (κ3) is 2.76. The highest BCUT2D eigenvalue weighted by Gasteiger charge is 2.11. The van der Waals surface area contributed by atoms with Gasteiger partial charge in [-0.2, -0.15) is 0 Å². The number of aliphatic hydroxyl groups excluding tert-OH is 1. The molecule has 0 spiro atoms. The van der Waals surface area contributed by atoms with Crippen molar-refractivity contribution in [3.63, 3.8) is 0 Å². The highest BCUT2D eigenvalue weighted by Crippen LogP contribution is 2.19. The number of hydrogen-bond acceptors (Lipinski definition) is 5. The van der Waals surface area contributed by atoms with E-state index in [0.29, 0.717) is 11.6 Å². The SMILES string of the molecule is CC(NCCO)c1cnc(C(N)=O)s1. The van der Waals surface area contributed by atoms with Crippen LogP contribution < -0.4 is 11.1 Å². The van der Waals surface area contributed by atoms with Gasteiger partial charge in [0.2, 0.25) is 0 Å². The van der Waals surface area contributed by atoms with E-state index in [0.717, 1.165) is 4.88 Å². The normalized spacial score (nSPS) is 12.7. The summed E-state index contributed by atoms with van der Waals surface area (Å²) in [5, 5.41) is 12.0. The van der Waals surface area contributed by atoms with Crippen molar-refractivity contribution in [2.75, 3.05) is 13.2 Å². The summed E-state index contributed by atoms with van der Waals surface area (Å²) in [5.41, 5.74) is 5.08. The van der Waals surface area contributed by atoms with Gasteiger partial charge in [-0.15, -0.1) is 11.3 Å². The van der Waals surface area contributed by atoms with Gasteiger partial charge in [-0.25, -0.2) is 4.98 Å². The van der Waals surface area contributed by atoms with Crippen molar-refractivity contribution in [2.45, 2.75) is 13.0 Å². The quantitative estimate of drug-likeness (QED) is 0.639. The Morgan fingerprint density at radius 2 is 2.57 bits per heavy atom. The molecular formula is C8H13N3O2S. The standard InChI is InChI=1S/C8H13N3O2S/c1-5(10-2-3-12)6-4-11-8(14-6)7(9)13/h4-5,10,12H,2-3H2,1H3,(H2,9,13). The fourth-order valence-corrected chi connectivity index (χ4v) is 1.78. The van der Waals surface area contributed by atoms with Gasteiger partial charge in [0, 0.05) is 23.7 Å². The van der Waals surface area contributed by atoms with Crippen LogP contribution in [0, 0.1) is 0 Å². The van der Waals surface area contributed by atoms with Gasteiger partial charge in [-0.1, -0.05) is 0 Å². The number of amides is 1. The van der Waals surface area contributed by atoms with Crippen LogP contribution in [0.3, 0.4) is 0 Å². The molecule has 1 aromatic heterocycles. The molecule has 6 heteroatoms. The first-order valence-electron chi connectivity index (χ1n) is 4.25. The molecule has 0 aliphatic rings. The molecule has 0 aliphatic carbocycles. The lowest BCUT2D eigenvalue weighted by atomic mass is 10.3. The molecule has 0 saturated carbocycles. The number of nitrogens with two attached hydrogens (primary N) is 1. The number of nitrogens with zero attached hydrogens (tertiary/aromatic N) is 1. The van der Waals surface area contributed by atoms with E-state index in [4.69, 9.17) is 10.8 Å². The molecule has 0 aliphatic heterocycles. The molecule has 1 amide bonds. The first-order valence-corrected chi connectivity index (χ1v) is 5.06. The van der Waals surface area contributed by atoms with E-state index in [2.05, 4.69) is 10.3 Å². The minimum absolute atomic E-state index is 0.0766. The van der Waals surface area contributed by atoms with Crippen LogP contribution in [0.5, 0.6) is 0 Å². The number of carbonyl (C=O) groups excluding carboxylic acids is 1. The zero-order valence-corrected chi connectivity index (χ0v) is 8.67. The Morgan fingerprint density at radius 3 is 3.07 bits per heavy atom. The summed E-state index contributed by atoms with van der Waals surface area (Å²) >= 11 is 1.27. The predicted molar refractivity (Wildman–Crippen MR) is 54.1 cm³/mol. The zero-order valence-electron chi connectivity index (χ0n) is 7.86. The molecule has 0 aromatic carbocycles. The Bertz CT molecular complexity index is 313. The molecule has 78 valence electrons. The van der Waals surface area contributed by atoms with Crippen LogP contribution in [0.2, 0.25) is 0 Å². The maximum Gasteiger partial charge on any atom is 0.277 e. The minimum atomic E-state index is -0.504. The molecule has 5 nitrogen and oxygen atoms in total. The topological polar surface area (TPSA) is 88.2 Å². The van der Waals surface area contributed by atoms with Crippen LogP contribution in [0.25, 0.3) is 0 Å². The summed E-state index contributed by atoms with van der Waals surface area (Å²) in [7, 11) is 0. The van der Waals surface area contributed by atoms with Crippen LogP contribution in [0.1, 0.15) is 27.6 Å². The summed E-state index contributed by atoms with van der Waals surface area (Å²) in [6.45, 7) is 2.55. The fourth-order valence-electron chi connectivity index (χ4n) is 0.982. The van der Waals surface area contributed by atoms with E-state index in [1.54, 1.807) is 6.20 Å². The number of aliphatic hydroxyl groups is 1. The highest BCUT2D eigenvalue weighted by molar-refractivity contribution is 7.13. The van der Waals surface area contributed by atoms with E-state index in [-0.39, 0.29) is 12.6 Å². The van der Waals surface area contributed by atoms with Gasteiger partial charge in [0.25, 0.3) is 5.91 Å². The predicted octanol–water partition coefficient (Wildman–Crippen LogP) is -0.115. The van der Waals surface area contributed by atoms with E-state index < -0.39 is 5.91 Å². The first kappa shape index (κ1) is 11.1. The van der Waals surface area contributed by atoms with Crippen molar-refractivity contribution in [2.24, 2.45) is 5.73 Å². The number of carbonyl (C=O) groups is 1. The average molecular weight is 215 g/mol. The van der Waals surface area contributed by atoms with Crippen molar-refractivity contribution in [3.05, 3.63) is 16.1 Å². The second kappa shape index (κ2) is 5.04. The summed E-state index contributed by atoms with van der Waals surface area (Å²) in [4.78, 5) is 15.6. The van der Waals surface area contributed by atoms with Crippen molar-refractivity contribution in [1.29, 1.82) is 0 Å². The third-order valence-electron chi connectivity index (χ3n) is 1.72. The molecule has 0 fully saturated rings. The summed E-state index contributed by atoms with van der Waals surface area (Å²) in [6.07, 6.45) is 1.62. The average Bonchev–Trinajstić information content (AvgIpc) is 2.62. The molecule has 0 bridgehead atoms. The number of nitrogens with one attached hydrogen (secondary N) is 1. The molecule has 0 saturated heterocycles. The summed E-state index contributed by atoms with van der Waals surface area (Å²) in [6, 6.07) is 0.0766. The number of aromatic nitrogens is 1. The van der Waals surface area contributed by atoms with Gasteiger partial charge in [-0.05, 0) is 6.92 Å². The van der Waals surface area contributed by atoms with Crippen LogP contribution >= 0.6 is 11.3 Å². The van der Waals surface area contributed by atoms with Crippen LogP contribution in [0.15, 0.2) is 6.20 Å². The van der Waals surface area contributed by atoms with Gasteiger partial charge >= 0.3 is 0 Å². The molecular weight excluding hydrogens is 202 g/mol. The molecule has 1 unspecified atom stereocenters. The van der Waals surface area contributed by atoms with Gasteiger partial charge in [-0.3, -0.25) is 4.79 Å². The maximum atomic E-state index is 10.8. The number of thiazole rings is 1.